The van der Waals surface area contributed by atoms with Gasteiger partial charge in [-0.15, -0.1) is 24.0 Å². The maximum absolute atomic E-state index is 6.01. The Labute approximate surface area is 167 Å². The number of rotatable bonds is 5. The average Bonchev–Trinajstić information content (AvgIpc) is 2.53. The molecular weight excluding hydrogens is 437 g/mol. The van der Waals surface area contributed by atoms with Gasteiger partial charge in [0.25, 0.3) is 0 Å². The number of likely N-dealkylation sites (N-methyl/N-ethyl adjacent to an activating group) is 2. The van der Waals surface area contributed by atoms with Crippen molar-refractivity contribution in [3.8, 4) is 0 Å². The van der Waals surface area contributed by atoms with Crippen LogP contribution in [0.1, 0.15) is 5.56 Å². The Kier molecular flexibility index (Phi) is 9.95. The highest BCUT2D eigenvalue weighted by Crippen LogP contribution is 2.10. The molecule has 1 unspecified atom stereocenters. The Morgan fingerprint density at radius 1 is 1.29 bits per heavy atom. The fourth-order valence-corrected chi connectivity index (χ4v) is 2.99. The molecular formula is C17H29ClIN5. The molecule has 0 bridgehead atoms. The van der Waals surface area contributed by atoms with Crippen LogP contribution in [0.2, 0.25) is 5.02 Å². The molecule has 1 saturated heterocycles. The predicted molar refractivity (Wildman–Crippen MR) is 114 cm³/mol. The molecule has 136 valence electrons. The highest BCUT2D eigenvalue weighted by atomic mass is 127. The highest BCUT2D eigenvalue weighted by molar-refractivity contribution is 14.0. The van der Waals surface area contributed by atoms with E-state index >= 15 is 0 Å². The zero-order chi connectivity index (χ0) is 16.7. The molecule has 2 rings (SSSR count). The van der Waals surface area contributed by atoms with Gasteiger partial charge in [-0.2, -0.15) is 0 Å². The summed E-state index contributed by atoms with van der Waals surface area (Å²) in [5.74, 6) is 0.855. The first-order valence-electron chi connectivity index (χ1n) is 8.16. The first-order chi connectivity index (χ1) is 11.1. The maximum atomic E-state index is 6.01. The van der Waals surface area contributed by atoms with E-state index in [9.17, 15) is 0 Å². The van der Waals surface area contributed by atoms with Crippen LogP contribution in [0.4, 0.5) is 0 Å². The van der Waals surface area contributed by atoms with E-state index in [1.54, 1.807) is 0 Å². The van der Waals surface area contributed by atoms with Crippen LogP contribution in [0.15, 0.2) is 29.3 Å². The van der Waals surface area contributed by atoms with Crippen LogP contribution in [0, 0.1) is 0 Å². The van der Waals surface area contributed by atoms with E-state index in [0.29, 0.717) is 6.04 Å². The number of aliphatic imine (C=N–C) groups is 1. The van der Waals surface area contributed by atoms with Crippen molar-refractivity contribution in [2.24, 2.45) is 4.99 Å². The van der Waals surface area contributed by atoms with Crippen molar-refractivity contribution in [1.29, 1.82) is 0 Å². The van der Waals surface area contributed by atoms with Crippen molar-refractivity contribution in [3.63, 3.8) is 0 Å². The maximum Gasteiger partial charge on any atom is 0.191 e. The summed E-state index contributed by atoms with van der Waals surface area (Å²) in [7, 11) is 6.18. The summed E-state index contributed by atoms with van der Waals surface area (Å²) in [4.78, 5) is 9.09. The lowest BCUT2D eigenvalue weighted by Gasteiger charge is -2.37. The monoisotopic (exact) mass is 465 g/mol. The van der Waals surface area contributed by atoms with E-state index in [0.717, 1.165) is 50.1 Å². The second-order valence-corrected chi connectivity index (χ2v) is 6.59. The van der Waals surface area contributed by atoms with Crippen LogP contribution in [-0.2, 0) is 6.42 Å². The lowest BCUT2D eigenvalue weighted by Crippen LogP contribution is -2.55. The topological polar surface area (TPSA) is 42.9 Å². The largest absolute Gasteiger partial charge is 0.356 e. The number of nitrogens with zero attached hydrogens (tertiary/aromatic N) is 3. The molecule has 0 radical (unpaired) electrons. The summed E-state index contributed by atoms with van der Waals surface area (Å²) >= 11 is 6.01. The fraction of sp³-hybridized carbons (Fsp3) is 0.588. The second kappa shape index (κ2) is 11.1. The summed E-state index contributed by atoms with van der Waals surface area (Å²) in [6.45, 7) is 5.07. The van der Waals surface area contributed by atoms with Gasteiger partial charge in [-0.3, -0.25) is 9.89 Å². The number of benzene rings is 1. The Balaban J connectivity index is 0.00000288. The molecule has 0 aliphatic carbocycles. The fourth-order valence-electron chi connectivity index (χ4n) is 2.77. The Bertz CT molecular complexity index is 525. The number of halogens is 2. The van der Waals surface area contributed by atoms with Gasteiger partial charge >= 0.3 is 0 Å². The molecule has 5 nitrogen and oxygen atoms in total. The van der Waals surface area contributed by atoms with Gasteiger partial charge in [-0.05, 0) is 38.2 Å². The SMILES string of the molecule is CN=C(NCCc1cccc(Cl)c1)NCC1CN(C)CCN1C.I. The molecule has 24 heavy (non-hydrogen) atoms. The van der Waals surface area contributed by atoms with E-state index in [1.807, 2.05) is 25.2 Å². The molecule has 1 aliphatic rings. The molecule has 0 spiro atoms. The van der Waals surface area contributed by atoms with Gasteiger partial charge in [0.05, 0.1) is 0 Å². The highest BCUT2D eigenvalue weighted by Gasteiger charge is 2.21. The Morgan fingerprint density at radius 3 is 2.79 bits per heavy atom. The quantitative estimate of drug-likeness (QED) is 0.396. The molecule has 1 heterocycles. The van der Waals surface area contributed by atoms with Crippen LogP contribution in [0.3, 0.4) is 0 Å². The van der Waals surface area contributed by atoms with Crippen molar-refractivity contribution in [3.05, 3.63) is 34.9 Å². The molecule has 1 fully saturated rings. The lowest BCUT2D eigenvalue weighted by molar-refractivity contribution is 0.116. The number of hydrogen-bond donors (Lipinski definition) is 2. The summed E-state index contributed by atoms with van der Waals surface area (Å²) in [5.41, 5.74) is 1.23. The third-order valence-corrected chi connectivity index (χ3v) is 4.54. The van der Waals surface area contributed by atoms with Gasteiger partial charge in [0.2, 0.25) is 0 Å². The minimum absolute atomic E-state index is 0. The van der Waals surface area contributed by atoms with Gasteiger partial charge in [0, 0.05) is 50.8 Å². The van der Waals surface area contributed by atoms with Crippen LogP contribution >= 0.6 is 35.6 Å². The van der Waals surface area contributed by atoms with Gasteiger partial charge in [0.1, 0.15) is 0 Å². The van der Waals surface area contributed by atoms with Crippen molar-refractivity contribution in [1.82, 2.24) is 20.4 Å². The molecule has 0 amide bonds. The Hall–Kier alpha value is -0.570. The zero-order valence-electron chi connectivity index (χ0n) is 14.8. The molecule has 7 heteroatoms. The molecule has 1 aromatic carbocycles. The Morgan fingerprint density at radius 2 is 2.08 bits per heavy atom. The van der Waals surface area contributed by atoms with Gasteiger partial charge in [0.15, 0.2) is 5.96 Å². The van der Waals surface area contributed by atoms with E-state index in [-0.39, 0.29) is 24.0 Å². The second-order valence-electron chi connectivity index (χ2n) is 6.16. The summed E-state index contributed by atoms with van der Waals surface area (Å²) in [6, 6.07) is 8.50. The first-order valence-corrected chi connectivity index (χ1v) is 8.54. The average molecular weight is 466 g/mol. The number of hydrogen-bond acceptors (Lipinski definition) is 3. The minimum atomic E-state index is 0. The number of guanidine groups is 1. The van der Waals surface area contributed by atoms with Gasteiger partial charge < -0.3 is 15.5 Å². The number of nitrogens with one attached hydrogen (secondary N) is 2. The first kappa shape index (κ1) is 21.5. The van der Waals surface area contributed by atoms with Crippen molar-refractivity contribution >= 4 is 41.5 Å². The van der Waals surface area contributed by atoms with Crippen LogP contribution in [0.5, 0.6) is 0 Å². The number of piperazine rings is 1. The zero-order valence-corrected chi connectivity index (χ0v) is 17.8. The predicted octanol–water partition coefficient (Wildman–Crippen LogP) is 1.91. The van der Waals surface area contributed by atoms with Gasteiger partial charge in [-0.25, -0.2) is 0 Å². The lowest BCUT2D eigenvalue weighted by atomic mass is 10.1. The smallest absolute Gasteiger partial charge is 0.191 e. The molecule has 1 aromatic rings. The molecule has 0 aromatic heterocycles. The van der Waals surface area contributed by atoms with Gasteiger partial charge in [-0.1, -0.05) is 23.7 Å². The summed E-state index contributed by atoms with van der Waals surface area (Å²) in [5, 5.41) is 7.59. The third-order valence-electron chi connectivity index (χ3n) is 4.30. The van der Waals surface area contributed by atoms with E-state index < -0.39 is 0 Å². The molecule has 2 N–H and O–H groups in total. The van der Waals surface area contributed by atoms with E-state index in [2.05, 4.69) is 45.6 Å². The normalized spacial score (nSPS) is 19.7. The van der Waals surface area contributed by atoms with E-state index in [1.165, 1.54) is 5.56 Å². The molecule has 1 atom stereocenters. The van der Waals surface area contributed by atoms with Crippen LogP contribution in [-0.4, -0.2) is 75.7 Å². The van der Waals surface area contributed by atoms with Crippen molar-refractivity contribution in [2.75, 3.05) is 53.9 Å². The standard InChI is InChI=1S/C17H28ClN5.HI/c1-19-17(20-8-7-14-5-4-6-15(18)11-14)21-12-16-13-22(2)9-10-23(16)3;/h4-6,11,16H,7-10,12-13H2,1-3H3,(H2,19,20,21);1H. The van der Waals surface area contributed by atoms with Crippen molar-refractivity contribution < 1.29 is 0 Å². The minimum Gasteiger partial charge on any atom is -0.356 e. The summed E-state index contributed by atoms with van der Waals surface area (Å²) in [6.07, 6.45) is 0.924. The van der Waals surface area contributed by atoms with E-state index in [4.69, 9.17) is 11.6 Å². The third kappa shape index (κ3) is 7.13. The molecule has 1 aliphatic heterocycles. The van der Waals surface area contributed by atoms with Crippen LogP contribution in [0.25, 0.3) is 0 Å². The van der Waals surface area contributed by atoms with Crippen LogP contribution < -0.4 is 10.6 Å². The van der Waals surface area contributed by atoms with Crippen molar-refractivity contribution in [2.45, 2.75) is 12.5 Å². The molecule has 0 saturated carbocycles. The summed E-state index contributed by atoms with van der Waals surface area (Å²) < 4.78 is 0.